The van der Waals surface area contributed by atoms with E-state index in [2.05, 4.69) is 32.3 Å². The number of aliphatic hydroxyl groups excluding tert-OH is 1. The third-order valence-corrected chi connectivity index (χ3v) is 16.4. The van der Waals surface area contributed by atoms with Gasteiger partial charge in [0.2, 0.25) is 29.6 Å². The molecule has 86 heavy (non-hydrogen) atoms. The fraction of sp³-hybridized carbons (Fsp3) is 0.419. The van der Waals surface area contributed by atoms with Gasteiger partial charge in [-0.25, -0.2) is 14.4 Å². The molecule has 4 amide bonds. The summed E-state index contributed by atoms with van der Waals surface area (Å²) in [5.41, 5.74) is 5.40. The van der Waals surface area contributed by atoms with E-state index in [0.717, 1.165) is 16.1 Å². The number of likely N-dealkylation sites (N-methyl/N-ethyl adjacent to an activating group) is 1. The van der Waals surface area contributed by atoms with Gasteiger partial charge >= 0.3 is 0 Å². The van der Waals surface area contributed by atoms with Gasteiger partial charge in [-0.05, 0) is 72.0 Å². The van der Waals surface area contributed by atoms with Crippen LogP contribution in [0.4, 0.5) is 16.2 Å². The molecular formula is C62H72ClFN10O11S. The van der Waals surface area contributed by atoms with Crippen LogP contribution in [0.2, 0.25) is 5.02 Å². The number of aromatic hydroxyl groups is 1. The highest BCUT2D eigenvalue weighted by atomic mass is 35.5. The van der Waals surface area contributed by atoms with Crippen LogP contribution < -0.4 is 20.3 Å². The molecule has 3 atom stereocenters. The molecule has 0 saturated carbocycles. The molecule has 0 bridgehead atoms. The number of phenolic OH excluding ortho intramolecular Hbond substituents is 1. The van der Waals surface area contributed by atoms with E-state index in [0.29, 0.717) is 109 Å². The van der Waals surface area contributed by atoms with Gasteiger partial charge in [-0.3, -0.25) is 19.2 Å². The molecule has 4 aromatic carbocycles. The van der Waals surface area contributed by atoms with Crippen molar-refractivity contribution < 1.29 is 57.3 Å². The standard InChI is InChI=1S/C62H72ClFN10O11S/c1-7-52(77)72-16-18-73(19-17-72)59-47-33-48(63)55(46-31-43(75)29-40-10-8-9-11-45(40)46)56(64)57(47)68-62(69-59)65-15-14-53(78)71(6)20-21-81-22-23-82-24-25-83-26-27-84-50-30-41(58-39(5)67-36-86-58)12-13-42(50)34-66-60(79)49-32-44(76)35-74(49)61(80)54(37(2)3)51-28-38(4)70-85-51/h7-13,28-31,33,36-37,44,49,54,75-76H,1,14-27,32,34-35H2,2-6H3,(H,66,79)(H,65,68,69)/t44-,49+,54-/m1/s1. The van der Waals surface area contributed by atoms with Crippen molar-refractivity contribution in [3.05, 3.63) is 118 Å². The van der Waals surface area contributed by atoms with E-state index < -0.39 is 29.8 Å². The number of β-amino-alcohol motifs (C(OH)–C–C–N with tert-alkyl or cyclic N) is 1. The van der Waals surface area contributed by atoms with Crippen molar-refractivity contribution in [2.45, 2.75) is 65.1 Å². The zero-order chi connectivity index (χ0) is 61.0. The van der Waals surface area contributed by atoms with E-state index >= 15 is 4.39 Å². The van der Waals surface area contributed by atoms with Crippen molar-refractivity contribution in [3.8, 4) is 33.1 Å². The number of hydrogen-bond acceptors (Lipinski definition) is 18. The van der Waals surface area contributed by atoms with Gasteiger partial charge < -0.3 is 63.9 Å². The predicted octanol–water partition coefficient (Wildman–Crippen LogP) is 7.92. The minimum Gasteiger partial charge on any atom is -0.508 e. The number of halogens is 2. The molecule has 4 N–H and O–H groups in total. The number of benzene rings is 4. The van der Waals surface area contributed by atoms with Crippen LogP contribution in [0.15, 0.2) is 89.4 Å². The summed E-state index contributed by atoms with van der Waals surface area (Å²) in [5, 5.41) is 33.2. The van der Waals surface area contributed by atoms with Crippen molar-refractivity contribution in [2.24, 2.45) is 5.92 Å². The van der Waals surface area contributed by atoms with Crippen LogP contribution in [0.5, 0.6) is 11.5 Å². The van der Waals surface area contributed by atoms with Crippen molar-refractivity contribution in [1.29, 1.82) is 0 Å². The summed E-state index contributed by atoms with van der Waals surface area (Å²) in [5.74, 6) is -1.12. The number of ether oxygens (including phenoxy) is 4. The lowest BCUT2D eigenvalue weighted by molar-refractivity contribution is -0.141. The van der Waals surface area contributed by atoms with Crippen LogP contribution in [-0.4, -0.2) is 180 Å². The van der Waals surface area contributed by atoms with Crippen LogP contribution in [0, 0.1) is 25.6 Å². The molecule has 24 heteroatoms. The summed E-state index contributed by atoms with van der Waals surface area (Å²) in [6.45, 7) is 15.3. The minimum atomic E-state index is -0.879. The Labute approximate surface area is 507 Å². The molecule has 0 aliphatic carbocycles. The number of phenols is 1. The summed E-state index contributed by atoms with van der Waals surface area (Å²) in [7, 11) is 1.68. The Morgan fingerprint density at radius 1 is 0.942 bits per heavy atom. The fourth-order valence-corrected chi connectivity index (χ4v) is 11.8. The lowest BCUT2D eigenvalue weighted by Gasteiger charge is -2.35. The molecule has 2 saturated heterocycles. The largest absolute Gasteiger partial charge is 0.508 e. The highest BCUT2D eigenvalue weighted by molar-refractivity contribution is 7.13. The van der Waals surface area contributed by atoms with Crippen molar-refractivity contribution >= 4 is 80.0 Å². The second-order valence-corrected chi connectivity index (χ2v) is 22.8. The Hall–Kier alpha value is -7.80. The maximum absolute atomic E-state index is 17.0. The average Bonchev–Trinajstić information content (AvgIpc) is 1.60. The number of carbonyl (C=O) groups excluding carboxylic acids is 4. The highest BCUT2D eigenvalue weighted by Gasteiger charge is 2.43. The number of thiazole rings is 1. The van der Waals surface area contributed by atoms with Crippen LogP contribution in [-0.2, 0) is 39.9 Å². The van der Waals surface area contributed by atoms with Gasteiger partial charge in [0, 0.05) is 94.8 Å². The maximum atomic E-state index is 17.0. The smallest absolute Gasteiger partial charge is 0.246 e. The molecule has 2 aliphatic heterocycles. The number of aromatic nitrogens is 4. The van der Waals surface area contributed by atoms with E-state index in [-0.39, 0.29) is 104 Å². The van der Waals surface area contributed by atoms with E-state index in [9.17, 15) is 29.4 Å². The Morgan fingerprint density at radius 2 is 1.67 bits per heavy atom. The topological polar surface area (TPSA) is 247 Å². The van der Waals surface area contributed by atoms with Crippen LogP contribution in [0.3, 0.4) is 0 Å². The van der Waals surface area contributed by atoms with Gasteiger partial charge in [-0.1, -0.05) is 73.6 Å². The first-order valence-electron chi connectivity index (χ1n) is 28.6. The number of hydrogen-bond donors (Lipinski definition) is 4. The number of likely N-dealkylation sites (tertiary alicyclic amines) is 1. The zero-order valence-electron chi connectivity index (χ0n) is 48.9. The van der Waals surface area contributed by atoms with Gasteiger partial charge in [0.1, 0.15) is 47.2 Å². The van der Waals surface area contributed by atoms with E-state index in [4.69, 9.17) is 40.1 Å². The maximum Gasteiger partial charge on any atom is 0.246 e. The molecule has 3 aromatic heterocycles. The lowest BCUT2D eigenvalue weighted by Crippen LogP contribution is -2.48. The molecular weight excluding hydrogens is 1150 g/mol. The number of amides is 4. The van der Waals surface area contributed by atoms with Gasteiger partial charge in [0.05, 0.1) is 72.5 Å². The van der Waals surface area contributed by atoms with E-state index in [1.807, 2.05) is 68.1 Å². The van der Waals surface area contributed by atoms with Crippen molar-refractivity contribution in [2.75, 3.05) is 109 Å². The Bertz CT molecular complexity index is 3560. The average molecular weight is 1220 g/mol. The molecule has 2 fully saturated rings. The molecule has 456 valence electrons. The first-order valence-corrected chi connectivity index (χ1v) is 29.9. The summed E-state index contributed by atoms with van der Waals surface area (Å²) >= 11 is 8.41. The summed E-state index contributed by atoms with van der Waals surface area (Å²) in [6, 6.07) is 18.6. The Balaban J connectivity index is 0.709. The number of rotatable bonds is 27. The van der Waals surface area contributed by atoms with Crippen LogP contribution >= 0.6 is 22.9 Å². The number of nitrogens with zero attached hydrogens (tertiary/aromatic N) is 8. The number of fused-ring (bicyclic) bond motifs is 2. The third kappa shape index (κ3) is 15.1. The second kappa shape index (κ2) is 29.1. The number of carbonyl (C=O) groups is 4. The first-order chi connectivity index (χ1) is 41.5. The van der Waals surface area contributed by atoms with Crippen LogP contribution in [0.1, 0.15) is 55.3 Å². The summed E-state index contributed by atoms with van der Waals surface area (Å²) < 4.78 is 46.1. The molecule has 21 nitrogen and oxygen atoms in total. The van der Waals surface area contributed by atoms with Gasteiger partial charge in [-0.2, -0.15) is 4.98 Å². The first kappa shape index (κ1) is 62.7. The van der Waals surface area contributed by atoms with E-state index in [1.165, 1.54) is 28.4 Å². The third-order valence-electron chi connectivity index (χ3n) is 15.2. The minimum absolute atomic E-state index is 0.00266. The monoisotopic (exact) mass is 1220 g/mol. The Morgan fingerprint density at radius 3 is 2.37 bits per heavy atom. The lowest BCUT2D eigenvalue weighted by atomic mass is 9.91. The zero-order valence-corrected chi connectivity index (χ0v) is 50.4. The molecule has 0 unspecified atom stereocenters. The number of aliphatic hydroxyl groups is 1. The highest BCUT2D eigenvalue weighted by Crippen LogP contribution is 2.43. The van der Waals surface area contributed by atoms with Gasteiger partial charge in [-0.15, -0.1) is 11.3 Å². The number of nitrogens with one attached hydrogen (secondary N) is 2. The van der Waals surface area contributed by atoms with Crippen molar-refractivity contribution in [1.82, 2.24) is 40.1 Å². The molecule has 0 radical (unpaired) electrons. The number of anilines is 2. The normalized spacial score (nSPS) is 15.6. The SMILES string of the molecule is C=CC(=O)N1CCN(c2nc(NCCC(=O)N(C)CCOCCOCCOCCOc3cc(-c4scnc4C)ccc3CNC(=O)[C@@H]3C[C@@H](O)CN3C(=O)[C@@H](c3cc(C)no3)C(C)C)nc3c(F)c(-c4cc(O)cc5ccccc45)c(Cl)cc23)CC1. The van der Waals surface area contributed by atoms with Gasteiger partial charge in [0.25, 0.3) is 0 Å². The van der Waals surface area contributed by atoms with E-state index in [1.54, 1.807) is 47.5 Å². The molecule has 2 aliphatic rings. The second-order valence-electron chi connectivity index (χ2n) is 21.5. The van der Waals surface area contributed by atoms with Gasteiger partial charge in [0.15, 0.2) is 5.82 Å². The molecule has 0 spiro atoms. The van der Waals surface area contributed by atoms with Crippen LogP contribution in [0.25, 0.3) is 43.2 Å². The quantitative estimate of drug-likeness (QED) is 0.0282. The summed E-state index contributed by atoms with van der Waals surface area (Å²) in [6.07, 6.45) is 0.597. The fourth-order valence-electron chi connectivity index (χ4n) is 10.7. The molecule has 7 aromatic rings. The van der Waals surface area contributed by atoms with Crippen molar-refractivity contribution in [3.63, 3.8) is 0 Å². The molecule has 9 rings (SSSR count). The molecule has 5 heterocycles. The summed E-state index contributed by atoms with van der Waals surface area (Å²) in [4.78, 5) is 74.8. The number of piperazine rings is 1. The number of aryl methyl sites for hydroxylation is 2. The predicted molar refractivity (Wildman–Crippen MR) is 326 cm³/mol. The Kier molecular flexibility index (Phi) is 21.2.